The van der Waals surface area contributed by atoms with Gasteiger partial charge in [0.25, 0.3) is 0 Å². The highest BCUT2D eigenvalue weighted by atomic mass is 14.3. The van der Waals surface area contributed by atoms with Crippen LogP contribution < -0.4 is 0 Å². The van der Waals surface area contributed by atoms with Gasteiger partial charge in [-0.2, -0.15) is 15.8 Å². The lowest BCUT2D eigenvalue weighted by atomic mass is 9.99. The van der Waals surface area contributed by atoms with Crippen molar-refractivity contribution in [3.8, 4) is 18.2 Å². The predicted octanol–water partition coefficient (Wildman–Crippen LogP) is 2.12. The van der Waals surface area contributed by atoms with Gasteiger partial charge in [-0.25, -0.2) is 0 Å². The van der Waals surface area contributed by atoms with Crippen molar-refractivity contribution in [2.75, 3.05) is 0 Å². The van der Waals surface area contributed by atoms with Crippen LogP contribution in [0.1, 0.15) is 32.1 Å². The molecule has 0 unspecified atom stereocenters. The molecule has 0 aliphatic rings. The molecule has 12 heavy (non-hydrogen) atoms. The Morgan fingerprint density at radius 1 is 0.917 bits per heavy atom. The summed E-state index contributed by atoms with van der Waals surface area (Å²) in [4.78, 5) is 0. The van der Waals surface area contributed by atoms with E-state index in [4.69, 9.17) is 15.8 Å². The molecule has 0 saturated heterocycles. The van der Waals surface area contributed by atoms with Crippen LogP contribution in [0.3, 0.4) is 0 Å². The first-order valence-corrected chi connectivity index (χ1v) is 3.98. The van der Waals surface area contributed by atoms with Crippen LogP contribution in [0.4, 0.5) is 0 Å². The van der Waals surface area contributed by atoms with Gasteiger partial charge in [-0.15, -0.1) is 0 Å². The summed E-state index contributed by atoms with van der Waals surface area (Å²) in [6.07, 6.45) is 3.08. The summed E-state index contributed by atoms with van der Waals surface area (Å²) >= 11 is 0. The van der Waals surface area contributed by atoms with Gasteiger partial charge in [0.15, 0.2) is 0 Å². The maximum atomic E-state index is 8.61. The Labute approximate surface area is 72.8 Å². The molecule has 0 heterocycles. The van der Waals surface area contributed by atoms with Gasteiger partial charge in [-0.1, -0.05) is 0 Å². The third kappa shape index (κ3) is 5.27. The van der Waals surface area contributed by atoms with Crippen molar-refractivity contribution in [3.05, 3.63) is 0 Å². The molecule has 0 aliphatic carbocycles. The molecule has 0 radical (unpaired) electrons. The Bertz CT molecular complexity index is 226. The molecule has 0 rings (SSSR count). The van der Waals surface area contributed by atoms with E-state index in [1.54, 1.807) is 0 Å². The highest BCUT2D eigenvalue weighted by molar-refractivity contribution is 4.86. The maximum absolute atomic E-state index is 8.61. The van der Waals surface area contributed by atoms with E-state index in [0.717, 1.165) is 12.8 Å². The predicted molar refractivity (Wildman–Crippen MR) is 43.4 cm³/mol. The normalized spacial score (nSPS) is 10.8. The number of rotatable bonds is 5. The van der Waals surface area contributed by atoms with E-state index >= 15 is 0 Å². The standard InChI is InChI=1S/C9H11N3/c10-6-2-1-4-9(8-12)5-3-7-11/h9H,1-5H2/t9-/m0/s1. The molecule has 0 aliphatic heterocycles. The zero-order valence-electron chi connectivity index (χ0n) is 6.95. The second-order valence-electron chi connectivity index (χ2n) is 2.57. The first-order valence-electron chi connectivity index (χ1n) is 3.98. The lowest BCUT2D eigenvalue weighted by molar-refractivity contribution is 0.544. The molecule has 0 N–H and O–H groups in total. The molecule has 1 atom stereocenters. The summed E-state index contributed by atoms with van der Waals surface area (Å²) < 4.78 is 0. The Morgan fingerprint density at radius 2 is 1.58 bits per heavy atom. The monoisotopic (exact) mass is 161 g/mol. The summed E-state index contributed by atoms with van der Waals surface area (Å²) in [5, 5.41) is 25.1. The van der Waals surface area contributed by atoms with Gasteiger partial charge in [-0.05, 0) is 19.3 Å². The molecule has 0 aromatic carbocycles. The summed E-state index contributed by atoms with van der Waals surface area (Å²) in [6.45, 7) is 0. The van der Waals surface area contributed by atoms with Crippen LogP contribution in [0.5, 0.6) is 0 Å². The molecule has 0 aromatic rings. The minimum atomic E-state index is -0.0435. The topological polar surface area (TPSA) is 71.4 Å². The molecule has 0 amide bonds. The Hall–Kier alpha value is -1.53. The smallest absolute Gasteiger partial charge is 0.0656 e. The number of hydrogen-bond donors (Lipinski definition) is 0. The van der Waals surface area contributed by atoms with Gasteiger partial charge >= 0.3 is 0 Å². The number of hydrogen-bond acceptors (Lipinski definition) is 3. The molecule has 0 fully saturated rings. The van der Waals surface area contributed by atoms with Crippen molar-refractivity contribution in [1.29, 1.82) is 15.8 Å². The molecule has 0 saturated carbocycles. The fraction of sp³-hybridized carbons (Fsp3) is 0.667. The SMILES string of the molecule is N#CCCC[C@H](C#N)CCC#N. The van der Waals surface area contributed by atoms with Crippen LogP contribution in [0.2, 0.25) is 0 Å². The number of unbranched alkanes of at least 4 members (excludes halogenated alkanes) is 1. The molecule has 3 heteroatoms. The summed E-state index contributed by atoms with van der Waals surface area (Å²) in [5.74, 6) is -0.0435. The molecule has 0 spiro atoms. The largest absolute Gasteiger partial charge is 0.198 e. The molecule has 3 nitrogen and oxygen atoms in total. The summed E-state index contributed by atoms with van der Waals surface area (Å²) in [7, 11) is 0. The van der Waals surface area contributed by atoms with E-state index in [0.29, 0.717) is 19.3 Å². The van der Waals surface area contributed by atoms with Gasteiger partial charge in [0.05, 0.1) is 18.2 Å². The minimum absolute atomic E-state index is 0.0435. The number of nitrogens with zero attached hydrogens (tertiary/aromatic N) is 3. The van der Waals surface area contributed by atoms with Crippen LogP contribution in [0.15, 0.2) is 0 Å². The maximum Gasteiger partial charge on any atom is 0.0656 e. The zero-order chi connectivity index (χ0) is 9.23. The van der Waals surface area contributed by atoms with Crippen molar-refractivity contribution < 1.29 is 0 Å². The quantitative estimate of drug-likeness (QED) is 0.580. The van der Waals surface area contributed by atoms with Crippen molar-refractivity contribution in [1.82, 2.24) is 0 Å². The third-order valence-corrected chi connectivity index (χ3v) is 1.63. The summed E-state index contributed by atoms with van der Waals surface area (Å²) in [5.41, 5.74) is 0. The molecule has 0 aromatic heterocycles. The van der Waals surface area contributed by atoms with Crippen LogP contribution in [0, 0.1) is 39.9 Å². The highest BCUT2D eigenvalue weighted by Gasteiger charge is 2.05. The second kappa shape index (κ2) is 7.58. The Morgan fingerprint density at radius 3 is 2.08 bits per heavy atom. The van der Waals surface area contributed by atoms with Crippen LogP contribution in [0.25, 0.3) is 0 Å². The van der Waals surface area contributed by atoms with Gasteiger partial charge in [0.2, 0.25) is 0 Å². The highest BCUT2D eigenvalue weighted by Crippen LogP contribution is 2.12. The van der Waals surface area contributed by atoms with Crippen molar-refractivity contribution in [2.24, 2.45) is 5.92 Å². The van der Waals surface area contributed by atoms with Gasteiger partial charge in [-0.3, -0.25) is 0 Å². The van der Waals surface area contributed by atoms with Crippen molar-refractivity contribution in [3.63, 3.8) is 0 Å². The van der Waals surface area contributed by atoms with E-state index in [1.165, 1.54) is 0 Å². The Balaban J connectivity index is 3.51. The molecule has 62 valence electrons. The van der Waals surface area contributed by atoms with Crippen LogP contribution >= 0.6 is 0 Å². The zero-order valence-corrected chi connectivity index (χ0v) is 6.95. The lowest BCUT2D eigenvalue weighted by Crippen LogP contribution is -1.96. The number of nitriles is 3. The third-order valence-electron chi connectivity index (χ3n) is 1.63. The molecular formula is C9H11N3. The molecule has 0 bridgehead atoms. The van der Waals surface area contributed by atoms with Crippen molar-refractivity contribution >= 4 is 0 Å². The van der Waals surface area contributed by atoms with E-state index < -0.39 is 0 Å². The van der Waals surface area contributed by atoms with Gasteiger partial charge in [0, 0.05) is 18.8 Å². The average molecular weight is 161 g/mol. The van der Waals surface area contributed by atoms with Crippen LogP contribution in [-0.4, -0.2) is 0 Å². The Kier molecular flexibility index (Phi) is 6.61. The van der Waals surface area contributed by atoms with E-state index in [2.05, 4.69) is 6.07 Å². The fourth-order valence-corrected chi connectivity index (χ4v) is 0.940. The van der Waals surface area contributed by atoms with Crippen LogP contribution in [-0.2, 0) is 0 Å². The van der Waals surface area contributed by atoms with Crippen molar-refractivity contribution in [2.45, 2.75) is 32.1 Å². The van der Waals surface area contributed by atoms with Gasteiger partial charge < -0.3 is 0 Å². The second-order valence-corrected chi connectivity index (χ2v) is 2.57. The van der Waals surface area contributed by atoms with E-state index in [1.807, 2.05) is 12.1 Å². The summed E-state index contributed by atoms with van der Waals surface area (Å²) in [6, 6.07) is 6.17. The fourth-order valence-electron chi connectivity index (χ4n) is 0.940. The van der Waals surface area contributed by atoms with Gasteiger partial charge in [0.1, 0.15) is 0 Å². The average Bonchev–Trinajstić information content (AvgIpc) is 2.11. The lowest BCUT2D eigenvalue weighted by Gasteiger charge is -2.02. The van der Waals surface area contributed by atoms with E-state index in [9.17, 15) is 0 Å². The first-order chi connectivity index (χ1) is 5.85. The van der Waals surface area contributed by atoms with E-state index in [-0.39, 0.29) is 5.92 Å². The minimum Gasteiger partial charge on any atom is -0.198 e. The first kappa shape index (κ1) is 10.5. The molecular weight excluding hydrogens is 150 g/mol.